The molecule has 0 aliphatic rings. The van der Waals surface area contributed by atoms with Crippen LogP contribution in [0.15, 0.2) is 34.9 Å². The lowest BCUT2D eigenvalue weighted by atomic mass is 10.1. The Hall–Kier alpha value is -2.01. The number of ether oxygens (including phenoxy) is 1. The minimum absolute atomic E-state index is 0.0433. The van der Waals surface area contributed by atoms with Gasteiger partial charge in [0.1, 0.15) is 6.61 Å². The monoisotopic (exact) mass is 232 g/mol. The van der Waals surface area contributed by atoms with Crippen molar-refractivity contribution in [3.05, 3.63) is 47.6 Å². The molecule has 0 spiro atoms. The Labute approximate surface area is 98.4 Å². The molecule has 17 heavy (non-hydrogen) atoms. The summed E-state index contributed by atoms with van der Waals surface area (Å²) in [5.41, 5.74) is 0.638. The van der Waals surface area contributed by atoms with Gasteiger partial charge in [-0.1, -0.05) is 35.5 Å². The zero-order valence-corrected chi connectivity index (χ0v) is 9.42. The summed E-state index contributed by atoms with van der Waals surface area (Å²) in [4.78, 5) is 15.9. The molecule has 2 rings (SSSR count). The summed E-state index contributed by atoms with van der Waals surface area (Å²) in [5, 5.41) is 3.69. The minimum Gasteiger partial charge on any atom is -0.377 e. The van der Waals surface area contributed by atoms with Crippen LogP contribution in [0.4, 0.5) is 0 Å². The summed E-state index contributed by atoms with van der Waals surface area (Å²) in [6, 6.07) is 9.01. The van der Waals surface area contributed by atoms with E-state index in [1.807, 2.05) is 18.2 Å². The molecular formula is C12H12N2O3. The van der Waals surface area contributed by atoms with Crippen molar-refractivity contribution < 1.29 is 14.1 Å². The summed E-state index contributed by atoms with van der Waals surface area (Å²) in [6.45, 7) is 0.281. The van der Waals surface area contributed by atoms with Gasteiger partial charge in [-0.2, -0.15) is 4.98 Å². The van der Waals surface area contributed by atoms with E-state index in [9.17, 15) is 4.79 Å². The Morgan fingerprint density at radius 2 is 2.12 bits per heavy atom. The van der Waals surface area contributed by atoms with Crippen LogP contribution in [0.2, 0.25) is 0 Å². The van der Waals surface area contributed by atoms with E-state index in [1.165, 1.54) is 0 Å². The van der Waals surface area contributed by atoms with E-state index in [0.29, 0.717) is 17.3 Å². The molecule has 0 bridgehead atoms. The SMILES string of the molecule is COCc1noc(CC(=O)c2ccccc2)n1. The molecular weight excluding hydrogens is 220 g/mol. The predicted octanol–water partition coefficient (Wildman–Crippen LogP) is 1.64. The van der Waals surface area contributed by atoms with Gasteiger partial charge in [-0.15, -0.1) is 0 Å². The van der Waals surface area contributed by atoms with Gasteiger partial charge in [0, 0.05) is 12.7 Å². The highest BCUT2D eigenvalue weighted by Gasteiger charge is 2.12. The highest BCUT2D eigenvalue weighted by molar-refractivity contribution is 5.96. The number of ketones is 1. The van der Waals surface area contributed by atoms with Gasteiger partial charge in [0.25, 0.3) is 0 Å². The van der Waals surface area contributed by atoms with E-state index in [4.69, 9.17) is 9.26 Å². The molecule has 0 fully saturated rings. The van der Waals surface area contributed by atoms with Gasteiger partial charge < -0.3 is 9.26 Å². The van der Waals surface area contributed by atoms with Gasteiger partial charge in [-0.25, -0.2) is 0 Å². The number of rotatable bonds is 5. The summed E-state index contributed by atoms with van der Waals surface area (Å²) >= 11 is 0. The van der Waals surface area contributed by atoms with Crippen LogP contribution < -0.4 is 0 Å². The number of carbonyl (C=O) groups is 1. The molecule has 0 aliphatic carbocycles. The Morgan fingerprint density at radius 3 is 2.82 bits per heavy atom. The average molecular weight is 232 g/mol. The molecule has 0 atom stereocenters. The quantitative estimate of drug-likeness (QED) is 0.733. The van der Waals surface area contributed by atoms with E-state index in [2.05, 4.69) is 10.1 Å². The Kier molecular flexibility index (Phi) is 3.62. The van der Waals surface area contributed by atoms with Gasteiger partial charge in [0.05, 0.1) is 6.42 Å². The standard InChI is InChI=1S/C12H12N2O3/c1-16-8-11-13-12(17-14-11)7-10(15)9-5-3-2-4-6-9/h2-6H,7-8H2,1H3. The van der Waals surface area contributed by atoms with Crippen LogP contribution in [-0.2, 0) is 17.8 Å². The van der Waals surface area contributed by atoms with E-state index in [0.717, 1.165) is 0 Å². The topological polar surface area (TPSA) is 65.2 Å². The molecule has 0 saturated heterocycles. The fourth-order valence-corrected chi connectivity index (χ4v) is 1.41. The first-order valence-corrected chi connectivity index (χ1v) is 5.18. The molecule has 5 heteroatoms. The van der Waals surface area contributed by atoms with E-state index >= 15 is 0 Å². The Morgan fingerprint density at radius 1 is 1.35 bits per heavy atom. The molecule has 88 valence electrons. The van der Waals surface area contributed by atoms with Crippen molar-refractivity contribution in [1.82, 2.24) is 10.1 Å². The molecule has 1 heterocycles. The summed E-state index contributed by atoms with van der Waals surface area (Å²) < 4.78 is 9.81. The van der Waals surface area contributed by atoms with Gasteiger partial charge in [0.2, 0.25) is 5.89 Å². The van der Waals surface area contributed by atoms with Crippen LogP contribution in [0.25, 0.3) is 0 Å². The molecule has 1 aromatic carbocycles. The zero-order valence-electron chi connectivity index (χ0n) is 9.42. The third-order valence-corrected chi connectivity index (χ3v) is 2.19. The van der Waals surface area contributed by atoms with Crippen molar-refractivity contribution in [2.75, 3.05) is 7.11 Å². The van der Waals surface area contributed by atoms with Crippen molar-refractivity contribution in [3.63, 3.8) is 0 Å². The summed E-state index contributed by atoms with van der Waals surface area (Å²) in [7, 11) is 1.55. The number of hydrogen-bond acceptors (Lipinski definition) is 5. The van der Waals surface area contributed by atoms with Gasteiger partial charge in [-0.3, -0.25) is 4.79 Å². The minimum atomic E-state index is -0.0433. The zero-order chi connectivity index (χ0) is 12.1. The fraction of sp³-hybridized carbons (Fsp3) is 0.250. The second-order valence-corrected chi connectivity index (χ2v) is 3.50. The third-order valence-electron chi connectivity index (χ3n) is 2.19. The van der Waals surface area contributed by atoms with E-state index < -0.39 is 0 Å². The third kappa shape index (κ3) is 2.98. The Balaban J connectivity index is 2.03. The van der Waals surface area contributed by atoms with Crippen molar-refractivity contribution in [2.45, 2.75) is 13.0 Å². The smallest absolute Gasteiger partial charge is 0.234 e. The highest BCUT2D eigenvalue weighted by atomic mass is 16.5. The average Bonchev–Trinajstić information content (AvgIpc) is 2.78. The number of Topliss-reactive ketones (excluding diaryl/α,β-unsaturated/α-hetero) is 1. The molecule has 0 saturated carbocycles. The normalized spacial score (nSPS) is 10.4. The summed E-state index contributed by atoms with van der Waals surface area (Å²) in [5.74, 6) is 0.715. The molecule has 0 amide bonds. The van der Waals surface area contributed by atoms with E-state index in [-0.39, 0.29) is 18.8 Å². The van der Waals surface area contributed by atoms with E-state index in [1.54, 1.807) is 19.2 Å². The first-order chi connectivity index (χ1) is 8.29. The maximum Gasteiger partial charge on any atom is 0.234 e. The second-order valence-electron chi connectivity index (χ2n) is 3.50. The van der Waals surface area contributed by atoms with Crippen molar-refractivity contribution >= 4 is 5.78 Å². The molecule has 0 radical (unpaired) electrons. The lowest BCUT2D eigenvalue weighted by molar-refractivity contribution is 0.0983. The van der Waals surface area contributed by atoms with Crippen molar-refractivity contribution in [1.29, 1.82) is 0 Å². The first kappa shape index (κ1) is 11.5. The van der Waals surface area contributed by atoms with Crippen LogP contribution in [0, 0.1) is 0 Å². The number of methoxy groups -OCH3 is 1. The van der Waals surface area contributed by atoms with Crippen LogP contribution >= 0.6 is 0 Å². The maximum atomic E-state index is 11.8. The maximum absolute atomic E-state index is 11.8. The summed E-state index contributed by atoms with van der Waals surface area (Å²) in [6.07, 6.45) is 0.112. The highest BCUT2D eigenvalue weighted by Crippen LogP contribution is 2.06. The number of benzene rings is 1. The molecule has 5 nitrogen and oxygen atoms in total. The largest absolute Gasteiger partial charge is 0.377 e. The molecule has 0 aliphatic heterocycles. The lowest BCUT2D eigenvalue weighted by Crippen LogP contribution is -2.03. The number of nitrogens with zero attached hydrogens (tertiary/aromatic N) is 2. The molecule has 2 aromatic rings. The van der Waals surface area contributed by atoms with Crippen LogP contribution in [0.3, 0.4) is 0 Å². The number of carbonyl (C=O) groups excluding carboxylic acids is 1. The Bertz CT molecular complexity index is 493. The second kappa shape index (κ2) is 5.36. The first-order valence-electron chi connectivity index (χ1n) is 5.18. The number of aromatic nitrogens is 2. The van der Waals surface area contributed by atoms with Crippen LogP contribution in [-0.4, -0.2) is 23.0 Å². The lowest BCUT2D eigenvalue weighted by Gasteiger charge is -1.95. The number of hydrogen-bond donors (Lipinski definition) is 0. The molecule has 0 N–H and O–H groups in total. The van der Waals surface area contributed by atoms with Crippen LogP contribution in [0.1, 0.15) is 22.1 Å². The molecule has 1 aromatic heterocycles. The van der Waals surface area contributed by atoms with Crippen molar-refractivity contribution in [2.24, 2.45) is 0 Å². The van der Waals surface area contributed by atoms with Gasteiger partial charge in [-0.05, 0) is 0 Å². The van der Waals surface area contributed by atoms with Gasteiger partial charge >= 0.3 is 0 Å². The predicted molar refractivity (Wildman–Crippen MR) is 59.5 cm³/mol. The van der Waals surface area contributed by atoms with Crippen LogP contribution in [0.5, 0.6) is 0 Å². The molecule has 0 unspecified atom stereocenters. The van der Waals surface area contributed by atoms with Crippen molar-refractivity contribution in [3.8, 4) is 0 Å². The fourth-order valence-electron chi connectivity index (χ4n) is 1.41. The van der Waals surface area contributed by atoms with Gasteiger partial charge in [0.15, 0.2) is 11.6 Å².